The topological polar surface area (TPSA) is 61.8 Å². The molecular weight excluding hydrogens is 248 g/mol. The zero-order chi connectivity index (χ0) is 14.8. The van der Waals surface area contributed by atoms with Gasteiger partial charge in [-0.15, -0.1) is 0 Å². The number of hydrogen-bond donors (Lipinski definition) is 0. The fourth-order valence-corrected chi connectivity index (χ4v) is 1.24. The summed E-state index contributed by atoms with van der Waals surface area (Å²) in [6.45, 7) is 9.59. The van der Waals surface area contributed by atoms with Crippen LogP contribution in [0.2, 0.25) is 0 Å². The molecule has 19 heavy (non-hydrogen) atoms. The number of ether oxygens (including phenoxy) is 3. The van der Waals surface area contributed by atoms with Gasteiger partial charge in [0.1, 0.15) is 12.7 Å². The van der Waals surface area contributed by atoms with Crippen LogP contribution < -0.4 is 0 Å². The molecular formula is C14H26O5. The molecule has 5 heteroatoms. The van der Waals surface area contributed by atoms with Crippen molar-refractivity contribution < 1.29 is 23.8 Å². The maximum atomic E-state index is 11.3. The van der Waals surface area contributed by atoms with Crippen LogP contribution in [0.4, 0.5) is 0 Å². The van der Waals surface area contributed by atoms with E-state index in [9.17, 15) is 9.59 Å². The molecule has 0 aromatic rings. The van der Waals surface area contributed by atoms with Crippen LogP contribution in [-0.4, -0.2) is 37.4 Å². The van der Waals surface area contributed by atoms with Crippen molar-refractivity contribution in [3.05, 3.63) is 0 Å². The van der Waals surface area contributed by atoms with Crippen LogP contribution in [0.15, 0.2) is 0 Å². The molecule has 0 heterocycles. The van der Waals surface area contributed by atoms with Crippen LogP contribution in [0.3, 0.4) is 0 Å². The van der Waals surface area contributed by atoms with Crippen molar-refractivity contribution in [2.24, 2.45) is 5.92 Å². The van der Waals surface area contributed by atoms with Crippen molar-refractivity contribution in [1.82, 2.24) is 0 Å². The first-order chi connectivity index (χ1) is 8.86. The van der Waals surface area contributed by atoms with Crippen LogP contribution >= 0.6 is 0 Å². The van der Waals surface area contributed by atoms with E-state index in [0.29, 0.717) is 13.0 Å². The molecule has 0 fully saturated rings. The van der Waals surface area contributed by atoms with Gasteiger partial charge in [-0.3, -0.25) is 9.59 Å². The van der Waals surface area contributed by atoms with E-state index >= 15 is 0 Å². The Hall–Kier alpha value is -1.10. The Morgan fingerprint density at radius 3 is 2.16 bits per heavy atom. The zero-order valence-corrected chi connectivity index (χ0v) is 12.6. The van der Waals surface area contributed by atoms with Crippen LogP contribution in [0.1, 0.15) is 47.5 Å². The van der Waals surface area contributed by atoms with E-state index in [1.54, 1.807) is 20.8 Å². The standard InChI is InChI=1S/C14H26O5/c1-6-7-13(15)19-12(5)9-17-11(4)8-18-14(16)10(2)3/h10-12H,6-9H2,1-5H3. The molecule has 0 rings (SSSR count). The highest BCUT2D eigenvalue weighted by Crippen LogP contribution is 2.02. The number of rotatable bonds is 9. The van der Waals surface area contributed by atoms with E-state index in [2.05, 4.69) is 0 Å². The quantitative estimate of drug-likeness (QED) is 0.604. The fourth-order valence-electron chi connectivity index (χ4n) is 1.24. The van der Waals surface area contributed by atoms with Crippen LogP contribution in [-0.2, 0) is 23.8 Å². The highest BCUT2D eigenvalue weighted by Gasteiger charge is 2.13. The minimum atomic E-state index is -0.290. The minimum Gasteiger partial charge on any atom is -0.463 e. The molecule has 0 radical (unpaired) electrons. The van der Waals surface area contributed by atoms with E-state index in [1.165, 1.54) is 0 Å². The fraction of sp³-hybridized carbons (Fsp3) is 0.857. The van der Waals surface area contributed by atoms with Crippen LogP contribution in [0.25, 0.3) is 0 Å². The van der Waals surface area contributed by atoms with E-state index in [0.717, 1.165) is 6.42 Å². The van der Waals surface area contributed by atoms with Crippen molar-refractivity contribution in [2.75, 3.05) is 13.2 Å². The van der Waals surface area contributed by atoms with Crippen molar-refractivity contribution in [3.63, 3.8) is 0 Å². The third-order valence-corrected chi connectivity index (χ3v) is 2.33. The smallest absolute Gasteiger partial charge is 0.308 e. The summed E-state index contributed by atoms with van der Waals surface area (Å²) in [6.07, 6.45) is 0.692. The van der Waals surface area contributed by atoms with Crippen molar-refractivity contribution in [1.29, 1.82) is 0 Å². The van der Waals surface area contributed by atoms with E-state index < -0.39 is 0 Å². The molecule has 0 aromatic heterocycles. The second-order valence-corrected chi connectivity index (χ2v) is 4.98. The molecule has 0 saturated carbocycles. The number of carbonyl (C=O) groups is 2. The van der Waals surface area contributed by atoms with E-state index in [1.807, 2.05) is 13.8 Å². The molecule has 0 amide bonds. The van der Waals surface area contributed by atoms with E-state index in [-0.39, 0.29) is 36.7 Å². The molecule has 0 aliphatic heterocycles. The van der Waals surface area contributed by atoms with Gasteiger partial charge >= 0.3 is 11.9 Å². The Kier molecular flexibility index (Phi) is 9.21. The van der Waals surface area contributed by atoms with Gasteiger partial charge in [0.2, 0.25) is 0 Å². The van der Waals surface area contributed by atoms with Gasteiger partial charge in [0.25, 0.3) is 0 Å². The van der Waals surface area contributed by atoms with Gasteiger partial charge in [-0.2, -0.15) is 0 Å². The third-order valence-electron chi connectivity index (χ3n) is 2.33. The molecule has 2 atom stereocenters. The molecule has 0 aliphatic carbocycles. The summed E-state index contributed by atoms with van der Waals surface area (Å²) in [6, 6.07) is 0. The second-order valence-electron chi connectivity index (χ2n) is 4.98. The average molecular weight is 274 g/mol. The lowest BCUT2D eigenvalue weighted by Crippen LogP contribution is -2.26. The molecule has 0 N–H and O–H groups in total. The summed E-state index contributed by atoms with van der Waals surface area (Å²) < 4.78 is 15.6. The number of carbonyl (C=O) groups excluding carboxylic acids is 2. The van der Waals surface area contributed by atoms with Crippen molar-refractivity contribution in [3.8, 4) is 0 Å². The maximum Gasteiger partial charge on any atom is 0.308 e. The zero-order valence-electron chi connectivity index (χ0n) is 12.6. The highest BCUT2D eigenvalue weighted by atomic mass is 16.6. The third kappa shape index (κ3) is 9.47. The largest absolute Gasteiger partial charge is 0.463 e. The molecule has 0 aliphatic rings. The Morgan fingerprint density at radius 1 is 1.00 bits per heavy atom. The van der Waals surface area contributed by atoms with Gasteiger partial charge in [-0.25, -0.2) is 0 Å². The summed E-state index contributed by atoms with van der Waals surface area (Å²) in [5.74, 6) is -0.587. The molecule has 0 saturated heterocycles. The first kappa shape index (κ1) is 17.9. The van der Waals surface area contributed by atoms with E-state index in [4.69, 9.17) is 14.2 Å². The van der Waals surface area contributed by atoms with Gasteiger partial charge in [-0.05, 0) is 20.3 Å². The Bertz CT molecular complexity index is 275. The summed E-state index contributed by atoms with van der Waals surface area (Å²) in [5.41, 5.74) is 0. The molecule has 0 aromatic carbocycles. The molecule has 0 bridgehead atoms. The SMILES string of the molecule is CCCC(=O)OC(C)COC(C)COC(=O)C(C)C. The van der Waals surface area contributed by atoms with Crippen molar-refractivity contribution >= 4 is 11.9 Å². The van der Waals surface area contributed by atoms with Crippen molar-refractivity contribution in [2.45, 2.75) is 59.7 Å². The Morgan fingerprint density at radius 2 is 1.63 bits per heavy atom. The van der Waals surface area contributed by atoms with Gasteiger partial charge in [0.15, 0.2) is 0 Å². The predicted molar refractivity (Wildman–Crippen MR) is 71.7 cm³/mol. The van der Waals surface area contributed by atoms with Gasteiger partial charge < -0.3 is 14.2 Å². The molecule has 112 valence electrons. The lowest BCUT2D eigenvalue weighted by Gasteiger charge is -2.18. The monoisotopic (exact) mass is 274 g/mol. The molecule has 2 unspecified atom stereocenters. The molecule has 0 spiro atoms. The predicted octanol–water partition coefficient (Wildman–Crippen LogP) is 2.32. The number of esters is 2. The van der Waals surface area contributed by atoms with Gasteiger partial charge in [0, 0.05) is 6.42 Å². The normalized spacial score (nSPS) is 14.0. The van der Waals surface area contributed by atoms with Crippen LogP contribution in [0, 0.1) is 5.92 Å². The Labute approximate surface area is 115 Å². The maximum absolute atomic E-state index is 11.3. The lowest BCUT2D eigenvalue weighted by atomic mass is 10.2. The summed E-state index contributed by atoms with van der Waals surface area (Å²) >= 11 is 0. The summed E-state index contributed by atoms with van der Waals surface area (Å²) in [5, 5.41) is 0. The first-order valence-electron chi connectivity index (χ1n) is 6.84. The lowest BCUT2D eigenvalue weighted by molar-refractivity contribution is -0.155. The first-order valence-corrected chi connectivity index (χ1v) is 6.84. The average Bonchev–Trinajstić information content (AvgIpc) is 2.33. The van der Waals surface area contributed by atoms with Crippen LogP contribution in [0.5, 0.6) is 0 Å². The minimum absolute atomic E-state index is 0.138. The number of hydrogen-bond acceptors (Lipinski definition) is 5. The van der Waals surface area contributed by atoms with Gasteiger partial charge in [-0.1, -0.05) is 20.8 Å². The summed E-state index contributed by atoms with van der Waals surface area (Å²) in [7, 11) is 0. The summed E-state index contributed by atoms with van der Waals surface area (Å²) in [4.78, 5) is 22.5. The van der Waals surface area contributed by atoms with Gasteiger partial charge in [0.05, 0.1) is 18.6 Å². The Balaban J connectivity index is 3.74. The molecule has 5 nitrogen and oxygen atoms in total. The second kappa shape index (κ2) is 9.78. The highest BCUT2D eigenvalue weighted by molar-refractivity contribution is 5.71.